The Kier molecular flexibility index (Phi) is 11.5. The SMILES string of the molecule is CC(=O)OC[C@H]1O[C@@H](OCc2ccccc2)[C@H](OCc2ccccc2)[C@@H](OCc2ccccc2)[C@@H]1OCc1ccccc1. The summed E-state index contributed by atoms with van der Waals surface area (Å²) in [7, 11) is 0. The van der Waals surface area contributed by atoms with Crippen LogP contribution >= 0.6 is 0 Å². The lowest BCUT2D eigenvalue weighted by Crippen LogP contribution is -2.61. The van der Waals surface area contributed by atoms with E-state index in [1.54, 1.807) is 0 Å². The number of hydrogen-bond donors (Lipinski definition) is 0. The number of rotatable bonds is 14. The van der Waals surface area contributed by atoms with Gasteiger partial charge in [0, 0.05) is 6.92 Å². The van der Waals surface area contributed by atoms with Gasteiger partial charge in [0.25, 0.3) is 0 Å². The van der Waals surface area contributed by atoms with Crippen molar-refractivity contribution < 1.29 is 33.2 Å². The van der Waals surface area contributed by atoms with E-state index >= 15 is 0 Å². The predicted molar refractivity (Wildman–Crippen MR) is 162 cm³/mol. The Bertz CT molecular complexity index is 1350. The van der Waals surface area contributed by atoms with Gasteiger partial charge in [-0.1, -0.05) is 121 Å². The minimum absolute atomic E-state index is 0.0173. The first-order chi connectivity index (χ1) is 21.2. The second-order valence-electron chi connectivity index (χ2n) is 10.4. The molecule has 0 saturated carbocycles. The Morgan fingerprint density at radius 2 is 0.907 bits per heavy atom. The van der Waals surface area contributed by atoms with E-state index in [4.69, 9.17) is 28.4 Å². The van der Waals surface area contributed by atoms with Gasteiger partial charge in [0.2, 0.25) is 0 Å². The zero-order valence-electron chi connectivity index (χ0n) is 24.3. The van der Waals surface area contributed by atoms with Gasteiger partial charge in [0.15, 0.2) is 6.29 Å². The highest BCUT2D eigenvalue weighted by Gasteiger charge is 2.49. The van der Waals surface area contributed by atoms with Crippen LogP contribution in [-0.4, -0.2) is 43.3 Å². The molecule has 7 heteroatoms. The van der Waals surface area contributed by atoms with Gasteiger partial charge in [0.1, 0.15) is 31.0 Å². The van der Waals surface area contributed by atoms with Crippen molar-refractivity contribution in [3.63, 3.8) is 0 Å². The van der Waals surface area contributed by atoms with Crippen molar-refractivity contribution in [2.24, 2.45) is 0 Å². The number of benzene rings is 4. The van der Waals surface area contributed by atoms with E-state index in [-0.39, 0.29) is 6.61 Å². The summed E-state index contributed by atoms with van der Waals surface area (Å²) in [5.41, 5.74) is 4.01. The third-order valence-corrected chi connectivity index (χ3v) is 7.15. The van der Waals surface area contributed by atoms with Crippen LogP contribution in [0.3, 0.4) is 0 Å². The number of carbonyl (C=O) groups is 1. The van der Waals surface area contributed by atoms with Crippen molar-refractivity contribution in [2.75, 3.05) is 6.61 Å². The first-order valence-electron chi connectivity index (χ1n) is 14.6. The van der Waals surface area contributed by atoms with Crippen molar-refractivity contribution >= 4 is 5.97 Å². The van der Waals surface area contributed by atoms with Crippen LogP contribution in [0.2, 0.25) is 0 Å². The zero-order valence-corrected chi connectivity index (χ0v) is 24.3. The first-order valence-corrected chi connectivity index (χ1v) is 14.6. The molecular weight excluding hydrogens is 544 g/mol. The van der Waals surface area contributed by atoms with E-state index in [9.17, 15) is 4.79 Å². The van der Waals surface area contributed by atoms with E-state index in [0.29, 0.717) is 26.4 Å². The molecule has 1 saturated heterocycles. The second-order valence-corrected chi connectivity index (χ2v) is 10.4. The molecule has 1 aliphatic heterocycles. The quantitative estimate of drug-likeness (QED) is 0.163. The van der Waals surface area contributed by atoms with Crippen molar-refractivity contribution in [1.29, 1.82) is 0 Å². The normalized spacial score (nSPS) is 21.7. The predicted octanol–water partition coefficient (Wildman–Crippen LogP) is 6.25. The summed E-state index contributed by atoms with van der Waals surface area (Å²) in [6, 6.07) is 39.7. The van der Waals surface area contributed by atoms with Gasteiger partial charge in [-0.15, -0.1) is 0 Å². The smallest absolute Gasteiger partial charge is 0.302 e. The maximum absolute atomic E-state index is 11.9. The molecule has 1 fully saturated rings. The molecule has 7 nitrogen and oxygen atoms in total. The molecule has 43 heavy (non-hydrogen) atoms. The summed E-state index contributed by atoms with van der Waals surface area (Å²) in [5, 5.41) is 0. The van der Waals surface area contributed by atoms with Gasteiger partial charge < -0.3 is 28.4 Å². The van der Waals surface area contributed by atoms with Gasteiger partial charge in [-0.05, 0) is 22.3 Å². The third-order valence-electron chi connectivity index (χ3n) is 7.15. The minimum Gasteiger partial charge on any atom is -0.463 e. The van der Waals surface area contributed by atoms with E-state index in [0.717, 1.165) is 22.3 Å². The molecule has 0 amide bonds. The summed E-state index contributed by atoms with van der Waals surface area (Å²) in [6.07, 6.45) is -3.36. The van der Waals surface area contributed by atoms with E-state index in [2.05, 4.69) is 0 Å². The molecular formula is C36H38O7. The van der Waals surface area contributed by atoms with Crippen LogP contribution < -0.4 is 0 Å². The topological polar surface area (TPSA) is 72.5 Å². The molecule has 0 N–H and O–H groups in total. The maximum Gasteiger partial charge on any atom is 0.302 e. The Morgan fingerprint density at radius 3 is 1.33 bits per heavy atom. The molecule has 0 aromatic heterocycles. The third kappa shape index (κ3) is 9.32. The molecule has 0 bridgehead atoms. The van der Waals surface area contributed by atoms with Gasteiger partial charge >= 0.3 is 5.97 Å². The van der Waals surface area contributed by atoms with Crippen LogP contribution in [0.5, 0.6) is 0 Å². The number of hydrogen-bond acceptors (Lipinski definition) is 7. The maximum atomic E-state index is 11.9. The van der Waals surface area contributed by atoms with Gasteiger partial charge in [0.05, 0.1) is 26.4 Å². The van der Waals surface area contributed by atoms with Crippen LogP contribution in [0, 0.1) is 0 Å². The van der Waals surface area contributed by atoms with Crippen molar-refractivity contribution in [3.8, 4) is 0 Å². The van der Waals surface area contributed by atoms with Crippen molar-refractivity contribution in [1.82, 2.24) is 0 Å². The summed E-state index contributed by atoms with van der Waals surface area (Å²) in [4.78, 5) is 11.9. The van der Waals surface area contributed by atoms with Crippen molar-refractivity contribution in [3.05, 3.63) is 144 Å². The van der Waals surface area contributed by atoms with E-state index in [1.165, 1.54) is 6.92 Å². The molecule has 1 aliphatic rings. The molecule has 224 valence electrons. The highest BCUT2D eigenvalue weighted by molar-refractivity contribution is 5.65. The molecule has 4 aromatic carbocycles. The van der Waals surface area contributed by atoms with E-state index in [1.807, 2.05) is 121 Å². The Hall–Kier alpha value is -3.85. The molecule has 5 atom stereocenters. The Morgan fingerprint density at radius 1 is 0.535 bits per heavy atom. The first kappa shape index (κ1) is 30.6. The van der Waals surface area contributed by atoms with Gasteiger partial charge in [-0.2, -0.15) is 0 Å². The monoisotopic (exact) mass is 582 g/mol. The zero-order chi connectivity index (χ0) is 29.7. The highest BCUT2D eigenvalue weighted by atomic mass is 16.7. The summed E-state index contributed by atoms with van der Waals surface area (Å²) >= 11 is 0. The van der Waals surface area contributed by atoms with Gasteiger partial charge in [-0.3, -0.25) is 4.79 Å². The average Bonchev–Trinajstić information content (AvgIpc) is 3.05. The molecule has 1 heterocycles. The lowest BCUT2D eigenvalue weighted by molar-refractivity contribution is -0.329. The standard InChI is InChI=1S/C36H38O7/c1-27(37)38-26-32-33(39-22-28-14-6-2-7-15-28)34(40-23-29-16-8-3-9-17-29)35(41-24-30-18-10-4-11-19-30)36(43-32)42-25-31-20-12-5-13-21-31/h2-21,32-36H,22-26H2,1H3/t32-,33-,34+,35-,36-/m1/s1. The summed E-state index contributed by atoms with van der Waals surface area (Å²) < 4.78 is 38.1. The Labute approximate surface area is 253 Å². The highest BCUT2D eigenvalue weighted by Crippen LogP contribution is 2.32. The minimum atomic E-state index is -0.818. The van der Waals surface area contributed by atoms with Crippen LogP contribution in [0.15, 0.2) is 121 Å². The van der Waals surface area contributed by atoms with Crippen LogP contribution in [0.25, 0.3) is 0 Å². The lowest BCUT2D eigenvalue weighted by Gasteiger charge is -2.45. The van der Waals surface area contributed by atoms with Crippen LogP contribution in [0.1, 0.15) is 29.2 Å². The largest absolute Gasteiger partial charge is 0.463 e. The fraction of sp³-hybridized carbons (Fsp3) is 0.306. The fourth-order valence-electron chi connectivity index (χ4n) is 4.97. The summed E-state index contributed by atoms with van der Waals surface area (Å²) in [5.74, 6) is -0.406. The molecule has 0 unspecified atom stereocenters. The molecule has 0 radical (unpaired) electrons. The number of esters is 1. The molecule has 4 aromatic rings. The molecule has 0 spiro atoms. The Balaban J connectivity index is 1.45. The fourth-order valence-corrected chi connectivity index (χ4v) is 4.97. The number of ether oxygens (including phenoxy) is 6. The van der Waals surface area contributed by atoms with E-state index < -0.39 is 36.7 Å². The van der Waals surface area contributed by atoms with Gasteiger partial charge in [-0.25, -0.2) is 0 Å². The van der Waals surface area contributed by atoms with Crippen LogP contribution in [-0.2, 0) is 59.6 Å². The second kappa shape index (κ2) is 16.1. The molecule has 5 rings (SSSR count). The number of carbonyl (C=O) groups excluding carboxylic acids is 1. The summed E-state index contributed by atoms with van der Waals surface area (Å²) in [6.45, 7) is 2.63. The lowest BCUT2D eigenvalue weighted by atomic mass is 9.97. The van der Waals surface area contributed by atoms with Crippen molar-refractivity contribution in [2.45, 2.75) is 64.1 Å². The molecule has 0 aliphatic carbocycles. The van der Waals surface area contributed by atoms with Crippen LogP contribution in [0.4, 0.5) is 0 Å². The average molecular weight is 583 g/mol.